The molecule has 6 nitrogen and oxygen atoms in total. The number of anilines is 1. The molecule has 0 radical (unpaired) electrons. The van der Waals surface area contributed by atoms with Gasteiger partial charge >= 0.3 is 0 Å². The molecule has 2 atom stereocenters. The van der Waals surface area contributed by atoms with Crippen molar-refractivity contribution < 1.29 is 13.2 Å². The maximum absolute atomic E-state index is 12.0. The Kier molecular flexibility index (Phi) is 9.91. The molecular weight excluding hydrogens is 398 g/mol. The highest BCUT2D eigenvalue weighted by Gasteiger charge is 2.28. The van der Waals surface area contributed by atoms with Gasteiger partial charge in [0, 0.05) is 37.9 Å². The summed E-state index contributed by atoms with van der Waals surface area (Å²) in [6, 6.07) is 8.77. The van der Waals surface area contributed by atoms with Gasteiger partial charge in [0.1, 0.15) is 5.75 Å². The van der Waals surface area contributed by atoms with E-state index in [2.05, 4.69) is 42.7 Å². The first kappa shape index (κ1) is 25.0. The van der Waals surface area contributed by atoms with Crippen molar-refractivity contribution in [1.82, 2.24) is 4.90 Å². The number of hydrogen-bond acceptors (Lipinski definition) is 6. The smallest absolute Gasteiger partial charge is 0.151 e. The SMILES string of the molecule is CCOc1ccc(N2C[C@H](CC(C)C)CN(CCCS(=O)(=O)CCN)C[C@@H]2C)cc1. The van der Waals surface area contributed by atoms with Crippen molar-refractivity contribution in [2.45, 2.75) is 46.6 Å². The summed E-state index contributed by atoms with van der Waals surface area (Å²) in [5.74, 6) is 2.42. The third kappa shape index (κ3) is 8.08. The first-order chi connectivity index (χ1) is 14.2. The summed E-state index contributed by atoms with van der Waals surface area (Å²) in [5, 5.41) is 0. The summed E-state index contributed by atoms with van der Waals surface area (Å²) >= 11 is 0. The fourth-order valence-electron chi connectivity index (χ4n) is 4.48. The van der Waals surface area contributed by atoms with Gasteiger partial charge in [-0.05, 0) is 69.3 Å². The van der Waals surface area contributed by atoms with Gasteiger partial charge in [-0.15, -0.1) is 0 Å². The molecule has 1 aromatic carbocycles. The van der Waals surface area contributed by atoms with E-state index in [0.717, 1.165) is 31.9 Å². The monoisotopic (exact) mass is 439 g/mol. The predicted molar refractivity (Wildman–Crippen MR) is 126 cm³/mol. The van der Waals surface area contributed by atoms with Gasteiger partial charge in [-0.3, -0.25) is 0 Å². The lowest BCUT2D eigenvalue weighted by Gasteiger charge is -2.32. The zero-order valence-corrected chi connectivity index (χ0v) is 20.0. The fourth-order valence-corrected chi connectivity index (χ4v) is 5.61. The zero-order chi connectivity index (χ0) is 22.1. The lowest BCUT2D eigenvalue weighted by molar-refractivity contribution is 0.234. The van der Waals surface area contributed by atoms with Crippen molar-refractivity contribution in [3.63, 3.8) is 0 Å². The number of benzene rings is 1. The second-order valence-corrected chi connectivity index (χ2v) is 11.3. The van der Waals surface area contributed by atoms with Gasteiger partial charge in [0.2, 0.25) is 0 Å². The average Bonchev–Trinajstić information content (AvgIpc) is 2.80. The molecule has 172 valence electrons. The average molecular weight is 440 g/mol. The molecule has 0 saturated carbocycles. The number of hydrogen-bond donors (Lipinski definition) is 1. The summed E-state index contributed by atoms with van der Waals surface area (Å²) < 4.78 is 29.6. The molecule has 2 N–H and O–H groups in total. The van der Waals surface area contributed by atoms with E-state index in [0.29, 0.717) is 30.9 Å². The summed E-state index contributed by atoms with van der Waals surface area (Å²) in [6.45, 7) is 13.5. The summed E-state index contributed by atoms with van der Waals surface area (Å²) in [4.78, 5) is 4.97. The normalized spacial score (nSPS) is 21.1. The van der Waals surface area contributed by atoms with Crippen molar-refractivity contribution in [2.75, 3.05) is 55.7 Å². The van der Waals surface area contributed by atoms with E-state index in [1.54, 1.807) is 0 Å². The van der Waals surface area contributed by atoms with Gasteiger partial charge in [-0.25, -0.2) is 8.42 Å². The summed E-state index contributed by atoms with van der Waals surface area (Å²) in [7, 11) is -3.02. The Hall–Kier alpha value is -1.31. The highest BCUT2D eigenvalue weighted by Crippen LogP contribution is 2.27. The summed E-state index contributed by atoms with van der Waals surface area (Å²) in [6.07, 6.45) is 1.84. The quantitative estimate of drug-likeness (QED) is 0.571. The van der Waals surface area contributed by atoms with Crippen LogP contribution in [0.25, 0.3) is 0 Å². The molecule has 0 amide bonds. The molecule has 0 aromatic heterocycles. The Morgan fingerprint density at radius 3 is 2.43 bits per heavy atom. The van der Waals surface area contributed by atoms with Gasteiger partial charge in [0.25, 0.3) is 0 Å². The second kappa shape index (κ2) is 11.9. The maximum atomic E-state index is 12.0. The van der Waals surface area contributed by atoms with Crippen molar-refractivity contribution >= 4 is 15.5 Å². The Balaban J connectivity index is 2.08. The first-order valence-electron chi connectivity index (χ1n) is 11.4. The molecule has 0 aliphatic carbocycles. The molecule has 30 heavy (non-hydrogen) atoms. The van der Waals surface area contributed by atoms with Crippen molar-refractivity contribution in [3.8, 4) is 5.75 Å². The van der Waals surface area contributed by atoms with Crippen LogP contribution in [0.1, 0.15) is 40.5 Å². The van der Waals surface area contributed by atoms with Crippen LogP contribution >= 0.6 is 0 Å². The van der Waals surface area contributed by atoms with E-state index < -0.39 is 9.84 Å². The van der Waals surface area contributed by atoms with Crippen LogP contribution in [0.5, 0.6) is 5.75 Å². The van der Waals surface area contributed by atoms with Crippen LogP contribution in [-0.2, 0) is 9.84 Å². The molecule has 1 aliphatic rings. The topological polar surface area (TPSA) is 75.9 Å². The highest BCUT2D eigenvalue weighted by atomic mass is 32.2. The molecule has 1 aromatic rings. The van der Waals surface area contributed by atoms with Gasteiger partial charge in [-0.2, -0.15) is 0 Å². The zero-order valence-electron chi connectivity index (χ0n) is 19.2. The van der Waals surface area contributed by atoms with Crippen LogP contribution < -0.4 is 15.4 Å². The third-order valence-electron chi connectivity index (χ3n) is 5.67. The third-order valence-corrected chi connectivity index (χ3v) is 7.44. The lowest BCUT2D eigenvalue weighted by Crippen LogP contribution is -2.39. The van der Waals surface area contributed by atoms with Gasteiger partial charge < -0.3 is 20.3 Å². The van der Waals surface area contributed by atoms with E-state index in [-0.39, 0.29) is 18.1 Å². The van der Waals surface area contributed by atoms with Gasteiger partial charge in [0.15, 0.2) is 9.84 Å². The van der Waals surface area contributed by atoms with Crippen LogP contribution in [0.4, 0.5) is 5.69 Å². The number of ether oxygens (including phenoxy) is 1. The van der Waals surface area contributed by atoms with Crippen LogP contribution in [0, 0.1) is 11.8 Å². The van der Waals surface area contributed by atoms with Crippen molar-refractivity contribution in [3.05, 3.63) is 24.3 Å². The number of nitrogens with zero attached hydrogens (tertiary/aromatic N) is 2. The maximum Gasteiger partial charge on any atom is 0.151 e. The minimum atomic E-state index is -3.02. The van der Waals surface area contributed by atoms with Crippen LogP contribution in [0.15, 0.2) is 24.3 Å². The molecule has 0 unspecified atom stereocenters. The molecule has 7 heteroatoms. The van der Waals surface area contributed by atoms with Crippen molar-refractivity contribution in [1.29, 1.82) is 0 Å². The lowest BCUT2D eigenvalue weighted by atomic mass is 9.96. The van der Waals surface area contributed by atoms with Crippen LogP contribution in [0.2, 0.25) is 0 Å². The van der Waals surface area contributed by atoms with E-state index in [1.807, 2.05) is 19.1 Å². The fraction of sp³-hybridized carbons (Fsp3) is 0.739. The molecular formula is C23H41N3O3S. The minimum absolute atomic E-state index is 0.0882. The van der Waals surface area contributed by atoms with E-state index in [4.69, 9.17) is 10.5 Å². The molecule has 2 rings (SSSR count). The molecule has 1 aliphatic heterocycles. The Bertz CT molecular complexity index is 722. The first-order valence-corrected chi connectivity index (χ1v) is 13.2. The standard InChI is InChI=1S/C23H41N3O3S/c1-5-29-23-9-7-22(8-10-23)26-18-21(15-19(2)3)17-25(16-20(26)4)12-6-13-30(27,28)14-11-24/h7-10,19-21H,5-6,11-18,24H2,1-4H3/t20-,21+/m0/s1. The van der Waals surface area contributed by atoms with E-state index in [9.17, 15) is 8.42 Å². The van der Waals surface area contributed by atoms with E-state index in [1.165, 1.54) is 12.1 Å². The molecule has 0 spiro atoms. The minimum Gasteiger partial charge on any atom is -0.494 e. The highest BCUT2D eigenvalue weighted by molar-refractivity contribution is 7.91. The summed E-state index contributed by atoms with van der Waals surface area (Å²) in [5.41, 5.74) is 6.66. The Morgan fingerprint density at radius 1 is 1.13 bits per heavy atom. The van der Waals surface area contributed by atoms with Gasteiger partial charge in [-0.1, -0.05) is 13.8 Å². The van der Waals surface area contributed by atoms with E-state index >= 15 is 0 Å². The van der Waals surface area contributed by atoms with Crippen LogP contribution in [-0.4, -0.2) is 70.2 Å². The van der Waals surface area contributed by atoms with Crippen LogP contribution in [0.3, 0.4) is 0 Å². The number of nitrogens with two attached hydrogens (primary N) is 1. The molecule has 1 heterocycles. The largest absolute Gasteiger partial charge is 0.494 e. The predicted octanol–water partition coefficient (Wildman–Crippen LogP) is 3.02. The Morgan fingerprint density at radius 2 is 1.83 bits per heavy atom. The number of rotatable bonds is 11. The Labute approximate surface area is 183 Å². The van der Waals surface area contributed by atoms with Crippen molar-refractivity contribution in [2.24, 2.45) is 17.6 Å². The molecule has 0 bridgehead atoms. The number of sulfone groups is 1. The second-order valence-electron chi connectivity index (χ2n) is 8.98. The molecule has 1 fully saturated rings. The van der Waals surface area contributed by atoms with Gasteiger partial charge in [0.05, 0.1) is 18.1 Å². The molecule has 1 saturated heterocycles.